The second kappa shape index (κ2) is 9.85. The number of benzene rings is 2. The summed E-state index contributed by atoms with van der Waals surface area (Å²) in [5.74, 6) is -0.831. The lowest BCUT2D eigenvalue weighted by Crippen LogP contribution is -2.29. The number of methoxy groups -OCH3 is 1. The number of aromatic nitrogens is 1. The SMILES string of the molecule is CCOc1cccc(N2C(=O)C(=O)/C(=C(/O)c3cc(C(C)(C)C)ccc3OC)C2c2ccncc2)c1. The van der Waals surface area contributed by atoms with Gasteiger partial charge >= 0.3 is 0 Å². The molecule has 1 aromatic heterocycles. The number of amides is 1. The average molecular weight is 487 g/mol. The number of carbonyl (C=O) groups is 2. The molecular weight excluding hydrogens is 456 g/mol. The van der Waals surface area contributed by atoms with Crippen molar-refractivity contribution in [2.75, 3.05) is 18.6 Å². The van der Waals surface area contributed by atoms with Crippen molar-refractivity contribution in [1.29, 1.82) is 0 Å². The molecule has 0 bridgehead atoms. The number of ketones is 1. The minimum atomic E-state index is -0.868. The third-order valence-corrected chi connectivity index (χ3v) is 6.19. The zero-order valence-corrected chi connectivity index (χ0v) is 21.1. The second-order valence-corrected chi connectivity index (χ2v) is 9.55. The quantitative estimate of drug-likeness (QED) is 0.285. The summed E-state index contributed by atoms with van der Waals surface area (Å²) in [5, 5.41) is 11.6. The molecule has 3 aromatic rings. The maximum absolute atomic E-state index is 13.5. The summed E-state index contributed by atoms with van der Waals surface area (Å²) in [6, 6.07) is 15.1. The van der Waals surface area contributed by atoms with Crippen molar-refractivity contribution >= 4 is 23.1 Å². The number of aliphatic hydroxyl groups is 1. The van der Waals surface area contributed by atoms with Crippen molar-refractivity contribution in [3.63, 3.8) is 0 Å². The Hall–Kier alpha value is -4.13. The normalized spacial score (nSPS) is 17.4. The Morgan fingerprint density at radius 3 is 2.42 bits per heavy atom. The highest BCUT2D eigenvalue weighted by Gasteiger charge is 2.47. The van der Waals surface area contributed by atoms with Gasteiger partial charge in [-0.3, -0.25) is 19.5 Å². The van der Waals surface area contributed by atoms with Crippen LogP contribution in [-0.4, -0.2) is 35.5 Å². The molecule has 1 amide bonds. The zero-order chi connectivity index (χ0) is 26.0. The molecule has 1 aliphatic heterocycles. The first-order valence-electron chi connectivity index (χ1n) is 11.8. The molecule has 0 radical (unpaired) electrons. The first kappa shape index (κ1) is 25.0. The number of ether oxygens (including phenoxy) is 2. The smallest absolute Gasteiger partial charge is 0.300 e. The summed E-state index contributed by atoms with van der Waals surface area (Å²) in [7, 11) is 1.50. The van der Waals surface area contributed by atoms with E-state index in [-0.39, 0.29) is 16.7 Å². The van der Waals surface area contributed by atoms with Gasteiger partial charge in [-0.15, -0.1) is 0 Å². The Kier molecular flexibility index (Phi) is 6.84. The third kappa shape index (κ3) is 4.56. The first-order valence-corrected chi connectivity index (χ1v) is 11.8. The molecule has 1 fully saturated rings. The Balaban J connectivity index is 1.96. The van der Waals surface area contributed by atoms with Crippen molar-refractivity contribution < 1.29 is 24.2 Å². The minimum absolute atomic E-state index is 0.0163. The Bertz CT molecular complexity index is 1320. The molecule has 36 heavy (non-hydrogen) atoms. The number of Topliss-reactive ketones (excluding diaryl/α,β-unsaturated/α-hetero) is 1. The largest absolute Gasteiger partial charge is 0.507 e. The number of anilines is 1. The molecule has 1 saturated heterocycles. The highest BCUT2D eigenvalue weighted by atomic mass is 16.5. The summed E-state index contributed by atoms with van der Waals surface area (Å²) in [6.07, 6.45) is 3.18. The van der Waals surface area contributed by atoms with E-state index in [4.69, 9.17) is 9.47 Å². The van der Waals surface area contributed by atoms with E-state index in [0.29, 0.717) is 34.9 Å². The van der Waals surface area contributed by atoms with Crippen molar-refractivity contribution in [3.8, 4) is 11.5 Å². The molecule has 2 heterocycles. The van der Waals surface area contributed by atoms with Crippen LogP contribution in [0.25, 0.3) is 5.76 Å². The van der Waals surface area contributed by atoms with Gasteiger partial charge in [0.15, 0.2) is 0 Å². The summed E-state index contributed by atoms with van der Waals surface area (Å²) < 4.78 is 11.1. The fourth-order valence-electron chi connectivity index (χ4n) is 4.35. The van der Waals surface area contributed by atoms with Crippen LogP contribution in [0.4, 0.5) is 5.69 Å². The Morgan fingerprint density at radius 2 is 1.78 bits per heavy atom. The second-order valence-electron chi connectivity index (χ2n) is 9.55. The topological polar surface area (TPSA) is 89.0 Å². The van der Waals surface area contributed by atoms with Crippen molar-refractivity contribution in [3.05, 3.63) is 89.3 Å². The molecule has 1 atom stereocenters. The fourth-order valence-corrected chi connectivity index (χ4v) is 4.35. The average Bonchev–Trinajstić information content (AvgIpc) is 3.14. The Labute approximate surface area is 211 Å². The van der Waals surface area contributed by atoms with Crippen LogP contribution in [0.3, 0.4) is 0 Å². The highest BCUT2D eigenvalue weighted by Crippen LogP contribution is 2.44. The van der Waals surface area contributed by atoms with Gasteiger partial charge in [-0.05, 0) is 59.9 Å². The number of hydrogen-bond donors (Lipinski definition) is 1. The zero-order valence-electron chi connectivity index (χ0n) is 21.1. The van der Waals surface area contributed by atoms with Gasteiger partial charge in [-0.2, -0.15) is 0 Å². The van der Waals surface area contributed by atoms with E-state index in [2.05, 4.69) is 25.8 Å². The van der Waals surface area contributed by atoms with E-state index in [1.165, 1.54) is 12.0 Å². The molecule has 1 aliphatic rings. The van der Waals surface area contributed by atoms with Crippen LogP contribution in [-0.2, 0) is 15.0 Å². The van der Waals surface area contributed by atoms with Crippen LogP contribution in [0.2, 0.25) is 0 Å². The number of aliphatic hydroxyl groups excluding tert-OH is 1. The number of nitrogens with zero attached hydrogens (tertiary/aromatic N) is 2. The van der Waals surface area contributed by atoms with Gasteiger partial charge in [0.25, 0.3) is 11.7 Å². The molecular formula is C29H30N2O5. The molecule has 186 valence electrons. The summed E-state index contributed by atoms with van der Waals surface area (Å²) in [4.78, 5) is 32.4. The van der Waals surface area contributed by atoms with Gasteiger partial charge in [-0.25, -0.2) is 0 Å². The van der Waals surface area contributed by atoms with E-state index in [0.717, 1.165) is 5.56 Å². The van der Waals surface area contributed by atoms with Gasteiger partial charge in [0.2, 0.25) is 0 Å². The van der Waals surface area contributed by atoms with Crippen molar-refractivity contribution in [2.45, 2.75) is 39.2 Å². The van der Waals surface area contributed by atoms with Crippen molar-refractivity contribution in [1.82, 2.24) is 4.98 Å². The van der Waals surface area contributed by atoms with E-state index >= 15 is 0 Å². The summed E-state index contributed by atoms with van der Waals surface area (Å²) in [5.41, 5.74) is 2.20. The number of hydrogen-bond acceptors (Lipinski definition) is 6. The van der Waals surface area contributed by atoms with Crippen LogP contribution in [0, 0.1) is 0 Å². The molecule has 0 aliphatic carbocycles. The van der Waals surface area contributed by atoms with Gasteiger partial charge < -0.3 is 14.6 Å². The molecule has 7 heteroatoms. The molecule has 4 rings (SSSR count). The van der Waals surface area contributed by atoms with Crippen LogP contribution in [0.15, 0.2) is 72.6 Å². The lowest BCUT2D eigenvalue weighted by molar-refractivity contribution is -0.132. The molecule has 1 N–H and O–H groups in total. The number of pyridine rings is 1. The van der Waals surface area contributed by atoms with Gasteiger partial charge in [0.05, 0.1) is 30.9 Å². The monoisotopic (exact) mass is 486 g/mol. The van der Waals surface area contributed by atoms with Gasteiger partial charge in [0, 0.05) is 24.1 Å². The first-order chi connectivity index (χ1) is 17.2. The predicted molar refractivity (Wildman–Crippen MR) is 138 cm³/mol. The lowest BCUT2D eigenvalue weighted by atomic mass is 9.85. The molecule has 0 spiro atoms. The minimum Gasteiger partial charge on any atom is -0.507 e. The van der Waals surface area contributed by atoms with Crippen LogP contribution < -0.4 is 14.4 Å². The predicted octanol–water partition coefficient (Wildman–Crippen LogP) is 5.41. The van der Waals surface area contributed by atoms with Crippen LogP contribution >= 0.6 is 0 Å². The fraction of sp³-hybridized carbons (Fsp3) is 0.276. The van der Waals surface area contributed by atoms with Crippen LogP contribution in [0.1, 0.15) is 50.4 Å². The van der Waals surface area contributed by atoms with Gasteiger partial charge in [-0.1, -0.05) is 32.9 Å². The molecule has 2 aromatic carbocycles. The lowest BCUT2D eigenvalue weighted by Gasteiger charge is -2.26. The number of rotatable bonds is 6. The summed E-state index contributed by atoms with van der Waals surface area (Å²) in [6.45, 7) is 8.49. The van der Waals surface area contributed by atoms with E-state index in [1.807, 2.05) is 13.0 Å². The maximum atomic E-state index is 13.5. The third-order valence-electron chi connectivity index (χ3n) is 6.19. The van der Waals surface area contributed by atoms with Crippen LogP contribution in [0.5, 0.6) is 11.5 Å². The van der Waals surface area contributed by atoms with E-state index in [1.54, 1.807) is 60.9 Å². The maximum Gasteiger partial charge on any atom is 0.300 e. The number of carbonyl (C=O) groups excluding carboxylic acids is 2. The standard InChI is InChI=1S/C29H30N2O5/c1-6-36-21-9-7-8-20(17-21)31-25(18-12-14-30-15-13-18)24(27(33)28(31)34)26(32)22-16-19(29(2,3)4)10-11-23(22)35-5/h7-17,25,32H,6H2,1-5H3/b26-24+. The van der Waals surface area contributed by atoms with Gasteiger partial charge in [0.1, 0.15) is 17.3 Å². The molecule has 0 saturated carbocycles. The molecule has 7 nitrogen and oxygen atoms in total. The van der Waals surface area contributed by atoms with E-state index < -0.39 is 17.7 Å². The molecule has 1 unspecified atom stereocenters. The highest BCUT2D eigenvalue weighted by molar-refractivity contribution is 6.51. The van der Waals surface area contributed by atoms with Crippen molar-refractivity contribution in [2.24, 2.45) is 0 Å². The van der Waals surface area contributed by atoms with E-state index in [9.17, 15) is 14.7 Å². The summed E-state index contributed by atoms with van der Waals surface area (Å²) >= 11 is 0. The Morgan fingerprint density at radius 1 is 1.06 bits per heavy atom.